The Labute approximate surface area is 143 Å². The Morgan fingerprint density at radius 3 is 1.79 bits per heavy atom. The summed E-state index contributed by atoms with van der Waals surface area (Å²) in [5.74, 6) is -3.40. The Morgan fingerprint density at radius 1 is 0.833 bits per heavy atom. The van der Waals surface area contributed by atoms with E-state index in [9.17, 15) is 19.2 Å². The van der Waals surface area contributed by atoms with Crippen LogP contribution in [0.25, 0.3) is 0 Å². The van der Waals surface area contributed by atoms with E-state index in [2.05, 4.69) is 0 Å². The van der Waals surface area contributed by atoms with Gasteiger partial charge >= 0.3 is 23.9 Å². The Kier molecular flexibility index (Phi) is 7.43. The zero-order valence-corrected chi connectivity index (χ0v) is 14.4. The summed E-state index contributed by atoms with van der Waals surface area (Å²) >= 11 is 5.41. The molecule has 0 saturated carbocycles. The molecule has 0 aromatic heterocycles. The lowest BCUT2D eigenvalue weighted by molar-refractivity contribution is -0.292. The second-order valence-corrected chi connectivity index (χ2v) is 5.32. The molecular weight excluding hydrogens is 348 g/mol. The lowest BCUT2D eigenvalue weighted by Gasteiger charge is -2.42. The molecule has 5 atom stereocenters. The molecular formula is C14H19ClO9. The third-order valence-corrected chi connectivity index (χ3v) is 3.21. The van der Waals surface area contributed by atoms with Crippen molar-refractivity contribution in [2.75, 3.05) is 5.88 Å². The molecule has 0 N–H and O–H groups in total. The molecule has 1 heterocycles. The average molecular weight is 367 g/mol. The summed E-state index contributed by atoms with van der Waals surface area (Å²) in [5.41, 5.74) is 0. The van der Waals surface area contributed by atoms with Gasteiger partial charge < -0.3 is 23.7 Å². The van der Waals surface area contributed by atoms with Crippen molar-refractivity contribution in [1.82, 2.24) is 0 Å². The van der Waals surface area contributed by atoms with E-state index in [1.165, 1.54) is 6.92 Å². The van der Waals surface area contributed by atoms with Crippen LogP contribution in [0.15, 0.2) is 0 Å². The van der Waals surface area contributed by atoms with Gasteiger partial charge in [0.1, 0.15) is 5.88 Å². The standard InChI is InChI=1S/C14H19ClO9/c1-6-11(21-7(2)16)12(22-8(3)17)13(24-10(19)5-15)14(20-6)23-9(4)18/h6,11-14H,5H2,1-4H3/t6-,11-,12+,13-,14-/m0/s1. The number of carbonyl (C=O) groups is 4. The van der Waals surface area contributed by atoms with E-state index in [-0.39, 0.29) is 0 Å². The number of alkyl halides is 1. The van der Waals surface area contributed by atoms with Crippen LogP contribution in [0.4, 0.5) is 0 Å². The van der Waals surface area contributed by atoms with Crippen molar-refractivity contribution in [2.24, 2.45) is 0 Å². The zero-order valence-electron chi connectivity index (χ0n) is 13.6. The van der Waals surface area contributed by atoms with Gasteiger partial charge in [0.15, 0.2) is 12.2 Å². The second kappa shape index (κ2) is 8.84. The van der Waals surface area contributed by atoms with Crippen LogP contribution in [0.3, 0.4) is 0 Å². The van der Waals surface area contributed by atoms with Crippen molar-refractivity contribution in [3.63, 3.8) is 0 Å². The van der Waals surface area contributed by atoms with Crippen LogP contribution in [-0.4, -0.2) is 60.5 Å². The lowest BCUT2D eigenvalue weighted by Crippen LogP contribution is -2.61. The molecule has 9 nitrogen and oxygen atoms in total. The van der Waals surface area contributed by atoms with Crippen LogP contribution in [-0.2, 0) is 42.9 Å². The summed E-state index contributed by atoms with van der Waals surface area (Å²) in [4.78, 5) is 45.5. The molecule has 0 bridgehead atoms. The van der Waals surface area contributed by atoms with Gasteiger partial charge in [-0.25, -0.2) is 0 Å². The van der Waals surface area contributed by atoms with Crippen molar-refractivity contribution >= 4 is 35.5 Å². The topological polar surface area (TPSA) is 114 Å². The predicted octanol–water partition coefficient (Wildman–Crippen LogP) is 0.308. The first-order valence-corrected chi connectivity index (χ1v) is 7.61. The normalized spacial score (nSPS) is 29.3. The summed E-state index contributed by atoms with van der Waals surface area (Å²) in [7, 11) is 0. The minimum Gasteiger partial charge on any atom is -0.456 e. The van der Waals surface area contributed by atoms with Gasteiger partial charge in [-0.2, -0.15) is 0 Å². The fraction of sp³-hybridized carbons (Fsp3) is 0.714. The Balaban J connectivity index is 3.17. The fourth-order valence-electron chi connectivity index (χ4n) is 2.22. The van der Waals surface area contributed by atoms with Gasteiger partial charge in [0.05, 0.1) is 6.10 Å². The number of carbonyl (C=O) groups excluding carboxylic acids is 4. The van der Waals surface area contributed by atoms with Crippen LogP contribution in [0.1, 0.15) is 27.7 Å². The van der Waals surface area contributed by atoms with Crippen LogP contribution in [0.5, 0.6) is 0 Å². The van der Waals surface area contributed by atoms with Gasteiger partial charge in [-0.15, -0.1) is 11.6 Å². The number of esters is 4. The smallest absolute Gasteiger partial charge is 0.321 e. The van der Waals surface area contributed by atoms with Gasteiger partial charge in [-0.1, -0.05) is 0 Å². The Bertz CT molecular complexity index is 506. The quantitative estimate of drug-likeness (QED) is 0.385. The first kappa shape index (κ1) is 20.2. The fourth-order valence-corrected chi connectivity index (χ4v) is 2.28. The van der Waals surface area contributed by atoms with E-state index in [0.29, 0.717) is 0 Å². The SMILES string of the molecule is CC(=O)O[C@@H]1O[C@@H](C)[C@H](OC(C)=O)[C@@H](OC(C)=O)[C@@H]1OC(=O)CCl. The highest BCUT2D eigenvalue weighted by Crippen LogP contribution is 2.29. The van der Waals surface area contributed by atoms with Crippen LogP contribution >= 0.6 is 11.6 Å². The summed E-state index contributed by atoms with van der Waals surface area (Å²) < 4.78 is 25.8. The van der Waals surface area contributed by atoms with E-state index in [1.54, 1.807) is 0 Å². The maximum Gasteiger partial charge on any atom is 0.321 e. The first-order valence-electron chi connectivity index (χ1n) is 7.08. The average Bonchev–Trinajstić information content (AvgIpc) is 2.45. The van der Waals surface area contributed by atoms with E-state index < -0.39 is 60.5 Å². The zero-order chi connectivity index (χ0) is 18.4. The minimum absolute atomic E-state index is 0.482. The van der Waals surface area contributed by atoms with Crippen molar-refractivity contribution in [1.29, 1.82) is 0 Å². The molecule has 1 rings (SSSR count). The molecule has 1 saturated heterocycles. The Morgan fingerprint density at radius 2 is 1.33 bits per heavy atom. The third-order valence-electron chi connectivity index (χ3n) is 2.99. The van der Waals surface area contributed by atoms with Gasteiger partial charge in [0, 0.05) is 20.8 Å². The molecule has 1 aliphatic rings. The van der Waals surface area contributed by atoms with Gasteiger partial charge in [0.2, 0.25) is 12.4 Å². The van der Waals surface area contributed by atoms with Crippen molar-refractivity contribution in [2.45, 2.75) is 58.4 Å². The van der Waals surface area contributed by atoms with E-state index in [4.69, 9.17) is 35.3 Å². The first-order chi connectivity index (χ1) is 11.1. The number of halogens is 1. The molecule has 0 aromatic rings. The summed E-state index contributed by atoms with van der Waals surface area (Å²) in [6, 6.07) is 0. The maximum absolute atomic E-state index is 11.6. The largest absolute Gasteiger partial charge is 0.456 e. The number of hydrogen-bond acceptors (Lipinski definition) is 9. The van der Waals surface area contributed by atoms with Crippen molar-refractivity contribution < 1.29 is 42.9 Å². The molecule has 0 spiro atoms. The molecule has 0 unspecified atom stereocenters. The number of ether oxygens (including phenoxy) is 5. The molecule has 24 heavy (non-hydrogen) atoms. The molecule has 136 valence electrons. The molecule has 1 fully saturated rings. The van der Waals surface area contributed by atoms with Crippen LogP contribution in [0, 0.1) is 0 Å². The molecule has 0 radical (unpaired) electrons. The maximum atomic E-state index is 11.6. The third kappa shape index (κ3) is 5.64. The molecule has 0 aromatic carbocycles. The lowest BCUT2D eigenvalue weighted by atomic mass is 9.99. The van der Waals surface area contributed by atoms with E-state index in [1.807, 2.05) is 0 Å². The molecule has 0 aliphatic carbocycles. The van der Waals surface area contributed by atoms with Crippen LogP contribution in [0.2, 0.25) is 0 Å². The highest BCUT2D eigenvalue weighted by molar-refractivity contribution is 6.26. The van der Waals surface area contributed by atoms with Gasteiger partial charge in [0.25, 0.3) is 0 Å². The minimum atomic E-state index is -1.35. The summed E-state index contributed by atoms with van der Waals surface area (Å²) in [6.45, 7) is 4.95. The number of hydrogen-bond donors (Lipinski definition) is 0. The Hall–Kier alpha value is -1.87. The van der Waals surface area contributed by atoms with Crippen LogP contribution < -0.4 is 0 Å². The van der Waals surface area contributed by atoms with Gasteiger partial charge in [-0.3, -0.25) is 19.2 Å². The highest BCUT2D eigenvalue weighted by atomic mass is 35.5. The van der Waals surface area contributed by atoms with Crippen molar-refractivity contribution in [3.05, 3.63) is 0 Å². The molecule has 0 amide bonds. The van der Waals surface area contributed by atoms with E-state index >= 15 is 0 Å². The summed E-state index contributed by atoms with van der Waals surface area (Å²) in [6.07, 6.45) is -5.78. The van der Waals surface area contributed by atoms with E-state index in [0.717, 1.165) is 20.8 Å². The van der Waals surface area contributed by atoms with Gasteiger partial charge in [-0.05, 0) is 6.92 Å². The summed E-state index contributed by atoms with van der Waals surface area (Å²) in [5, 5.41) is 0. The predicted molar refractivity (Wildman–Crippen MR) is 77.8 cm³/mol. The second-order valence-electron chi connectivity index (χ2n) is 5.06. The molecule has 1 aliphatic heterocycles. The highest BCUT2D eigenvalue weighted by Gasteiger charge is 2.51. The van der Waals surface area contributed by atoms with Crippen molar-refractivity contribution in [3.8, 4) is 0 Å². The monoisotopic (exact) mass is 366 g/mol. The number of rotatable bonds is 5. The molecule has 10 heteroatoms.